The molecule has 0 aliphatic rings. The summed E-state index contributed by atoms with van der Waals surface area (Å²) in [6.07, 6.45) is 8.96. The van der Waals surface area contributed by atoms with Crippen LogP contribution in [-0.4, -0.2) is 4.89 Å². The Morgan fingerprint density at radius 1 is 0.786 bits per heavy atom. The van der Waals surface area contributed by atoms with Crippen molar-refractivity contribution in [3.63, 3.8) is 0 Å². The topological polar surface area (TPSA) is 46.5 Å². The highest BCUT2D eigenvalue weighted by Gasteiger charge is 2.29. The normalized spacial score (nSPS) is 13.3. The molecule has 2 rings (SSSR count). The van der Waals surface area contributed by atoms with Crippen molar-refractivity contribution in [1.29, 1.82) is 0 Å². The van der Waals surface area contributed by atoms with E-state index in [1.807, 2.05) is 24.3 Å². The van der Waals surface area contributed by atoms with Gasteiger partial charge in [-0.15, -0.1) is 0 Å². The number of aryl methyl sites for hydroxylation is 2. The van der Waals surface area contributed by atoms with Crippen molar-refractivity contribution in [3.8, 4) is 5.75 Å². The Balaban J connectivity index is 2.38. The van der Waals surface area contributed by atoms with Crippen molar-refractivity contribution in [2.24, 2.45) is 0 Å². The first-order valence-corrected chi connectivity index (χ1v) is 12.3. The number of para-hydroxylation sites is 1. The molecule has 0 spiro atoms. The molecule has 0 aliphatic heterocycles. The van der Waals surface area contributed by atoms with Gasteiger partial charge in [0.05, 0.1) is 5.30 Å². The Kier molecular flexibility index (Phi) is 9.28. The van der Waals surface area contributed by atoms with Gasteiger partial charge in [-0.3, -0.25) is 0 Å². The molecule has 0 saturated carbocycles. The molecule has 2 aromatic rings. The van der Waals surface area contributed by atoms with Gasteiger partial charge in [0.25, 0.3) is 0 Å². The first-order chi connectivity index (χ1) is 13.5. The maximum atomic E-state index is 13.4. The Bertz CT molecular complexity index is 785. The van der Waals surface area contributed by atoms with E-state index in [1.54, 1.807) is 12.1 Å². The summed E-state index contributed by atoms with van der Waals surface area (Å²) in [6.45, 7) is 6.46. The van der Waals surface area contributed by atoms with E-state index in [0.29, 0.717) is 11.1 Å². The molecule has 154 valence electrons. The van der Waals surface area contributed by atoms with Crippen molar-refractivity contribution in [3.05, 3.63) is 59.2 Å². The van der Waals surface area contributed by atoms with Crippen LogP contribution in [0.5, 0.6) is 5.75 Å². The maximum Gasteiger partial charge on any atom is 0.408 e. The summed E-state index contributed by atoms with van der Waals surface area (Å²) in [6, 6.07) is 13.4. The smallest absolute Gasteiger partial charge is 0.408 e. The van der Waals surface area contributed by atoms with E-state index in [2.05, 4.69) is 26.8 Å². The second-order valence-electron chi connectivity index (χ2n) is 7.44. The third-order valence-corrected chi connectivity index (χ3v) is 6.60. The van der Waals surface area contributed by atoms with Crippen LogP contribution in [0.1, 0.15) is 76.0 Å². The Labute approximate surface area is 170 Å². The van der Waals surface area contributed by atoms with Gasteiger partial charge in [0, 0.05) is 0 Å². The number of unbranched alkanes of at least 4 members (excludes halogenated alkanes) is 3. The molecule has 28 heavy (non-hydrogen) atoms. The van der Waals surface area contributed by atoms with Gasteiger partial charge in [-0.1, -0.05) is 70.4 Å². The SMILES string of the molecule is CCCCc1ccccc1OP(=O)(O)c1cccc(CCCC)c1CCCC. The van der Waals surface area contributed by atoms with Gasteiger partial charge >= 0.3 is 7.60 Å². The van der Waals surface area contributed by atoms with Crippen LogP contribution in [0.3, 0.4) is 0 Å². The summed E-state index contributed by atoms with van der Waals surface area (Å²) >= 11 is 0. The van der Waals surface area contributed by atoms with Gasteiger partial charge in [-0.05, 0) is 67.3 Å². The molecule has 0 saturated heterocycles. The molecule has 0 heterocycles. The van der Waals surface area contributed by atoms with Crippen LogP contribution in [0.2, 0.25) is 0 Å². The molecule has 0 bridgehead atoms. The van der Waals surface area contributed by atoms with Crippen LogP contribution in [-0.2, 0) is 23.8 Å². The monoisotopic (exact) mass is 402 g/mol. The lowest BCUT2D eigenvalue weighted by atomic mass is 9.98. The molecule has 2 aromatic carbocycles. The largest absolute Gasteiger partial charge is 0.421 e. The van der Waals surface area contributed by atoms with Gasteiger partial charge in [0.15, 0.2) is 0 Å². The van der Waals surface area contributed by atoms with Crippen molar-refractivity contribution in [1.82, 2.24) is 0 Å². The molecular weight excluding hydrogens is 367 g/mol. The fourth-order valence-electron chi connectivity index (χ4n) is 3.48. The van der Waals surface area contributed by atoms with Gasteiger partial charge in [-0.2, -0.15) is 0 Å². The standard InChI is InChI=1S/C24H35O3P/c1-4-7-13-20-16-12-19-24(22(20)17-9-6-3)28(25,26)27-23-18-11-10-15-21(23)14-8-5-2/h10-12,15-16,18-19H,4-9,13-14,17H2,1-3H3,(H,25,26). The third-order valence-electron chi connectivity index (χ3n) is 5.13. The first kappa shape index (κ1) is 22.7. The summed E-state index contributed by atoms with van der Waals surface area (Å²) in [7, 11) is -3.96. The van der Waals surface area contributed by atoms with E-state index in [9.17, 15) is 9.46 Å². The molecule has 1 unspecified atom stereocenters. The van der Waals surface area contributed by atoms with Crippen LogP contribution in [0, 0.1) is 0 Å². The zero-order chi connectivity index (χ0) is 20.4. The minimum Gasteiger partial charge on any atom is -0.421 e. The number of hydrogen-bond donors (Lipinski definition) is 1. The summed E-state index contributed by atoms with van der Waals surface area (Å²) in [4.78, 5) is 11.0. The summed E-state index contributed by atoms with van der Waals surface area (Å²) in [5, 5.41) is 0.472. The highest BCUT2D eigenvalue weighted by molar-refractivity contribution is 7.61. The Morgan fingerprint density at radius 2 is 1.36 bits per heavy atom. The highest BCUT2D eigenvalue weighted by Crippen LogP contribution is 2.44. The van der Waals surface area contributed by atoms with E-state index in [4.69, 9.17) is 4.52 Å². The van der Waals surface area contributed by atoms with Crippen LogP contribution < -0.4 is 9.83 Å². The summed E-state index contributed by atoms with van der Waals surface area (Å²) < 4.78 is 19.2. The zero-order valence-corrected chi connectivity index (χ0v) is 18.5. The molecule has 4 heteroatoms. The average molecular weight is 403 g/mol. The van der Waals surface area contributed by atoms with Crippen molar-refractivity contribution < 1.29 is 14.0 Å². The van der Waals surface area contributed by atoms with E-state index >= 15 is 0 Å². The minimum absolute atomic E-state index is 0.472. The van der Waals surface area contributed by atoms with E-state index < -0.39 is 7.60 Å². The number of benzene rings is 2. The van der Waals surface area contributed by atoms with Crippen LogP contribution in [0.25, 0.3) is 0 Å². The number of rotatable bonds is 12. The first-order valence-electron chi connectivity index (χ1n) is 10.7. The lowest BCUT2D eigenvalue weighted by Gasteiger charge is -2.21. The molecule has 0 aromatic heterocycles. The molecular formula is C24H35O3P. The van der Waals surface area contributed by atoms with Crippen LogP contribution in [0.4, 0.5) is 0 Å². The van der Waals surface area contributed by atoms with E-state index in [0.717, 1.165) is 68.9 Å². The molecule has 0 fully saturated rings. The van der Waals surface area contributed by atoms with E-state index in [-0.39, 0.29) is 0 Å². The fourth-order valence-corrected chi connectivity index (χ4v) is 4.89. The second-order valence-corrected chi connectivity index (χ2v) is 9.15. The quantitative estimate of drug-likeness (QED) is 0.407. The van der Waals surface area contributed by atoms with Crippen molar-refractivity contribution >= 4 is 12.9 Å². The summed E-state index contributed by atoms with van der Waals surface area (Å²) in [5.74, 6) is 0.530. The van der Waals surface area contributed by atoms with Crippen LogP contribution >= 0.6 is 7.60 Å². The zero-order valence-electron chi connectivity index (χ0n) is 17.6. The van der Waals surface area contributed by atoms with Gasteiger partial charge in [0.1, 0.15) is 5.75 Å². The number of hydrogen-bond acceptors (Lipinski definition) is 2. The lowest BCUT2D eigenvalue weighted by Crippen LogP contribution is -2.17. The molecule has 0 radical (unpaired) electrons. The second kappa shape index (κ2) is 11.4. The summed E-state index contributed by atoms with van der Waals surface area (Å²) in [5.41, 5.74) is 3.19. The predicted molar refractivity (Wildman–Crippen MR) is 119 cm³/mol. The maximum absolute atomic E-state index is 13.4. The van der Waals surface area contributed by atoms with Gasteiger partial charge < -0.3 is 9.42 Å². The molecule has 0 aliphatic carbocycles. The lowest BCUT2D eigenvalue weighted by molar-refractivity contribution is 0.391. The fraction of sp³-hybridized carbons (Fsp3) is 0.500. The Hall–Kier alpha value is -1.57. The van der Waals surface area contributed by atoms with Gasteiger partial charge in [0.2, 0.25) is 0 Å². The molecule has 1 N–H and O–H groups in total. The average Bonchev–Trinajstić information content (AvgIpc) is 2.69. The molecule has 1 atom stereocenters. The molecule has 0 amide bonds. The van der Waals surface area contributed by atoms with E-state index in [1.165, 1.54) is 5.56 Å². The van der Waals surface area contributed by atoms with Crippen molar-refractivity contribution in [2.45, 2.75) is 78.6 Å². The molecule has 3 nitrogen and oxygen atoms in total. The predicted octanol–water partition coefficient (Wildman–Crippen LogP) is 6.60. The highest BCUT2D eigenvalue weighted by atomic mass is 31.2. The van der Waals surface area contributed by atoms with Crippen molar-refractivity contribution in [2.75, 3.05) is 0 Å². The van der Waals surface area contributed by atoms with Crippen LogP contribution in [0.15, 0.2) is 42.5 Å². The van der Waals surface area contributed by atoms with Gasteiger partial charge in [-0.25, -0.2) is 4.57 Å². The minimum atomic E-state index is -3.96. The Morgan fingerprint density at radius 3 is 2.04 bits per heavy atom. The third kappa shape index (κ3) is 6.22.